The van der Waals surface area contributed by atoms with E-state index in [1.54, 1.807) is 19.1 Å². The first-order chi connectivity index (χ1) is 9.51. The van der Waals surface area contributed by atoms with Crippen LogP contribution in [0, 0.1) is 5.92 Å². The summed E-state index contributed by atoms with van der Waals surface area (Å²) in [4.78, 5) is 24.2. The van der Waals surface area contributed by atoms with Crippen LogP contribution in [0.1, 0.15) is 54.0 Å². The molecule has 0 fully saturated rings. The van der Waals surface area contributed by atoms with E-state index in [4.69, 9.17) is 9.47 Å². The molecule has 0 unspecified atom stereocenters. The molecule has 0 amide bonds. The minimum Gasteiger partial charge on any atom is -0.462 e. The monoisotopic (exact) mass is 278 g/mol. The lowest BCUT2D eigenvalue weighted by molar-refractivity contribution is 0.0434. The van der Waals surface area contributed by atoms with Crippen LogP contribution >= 0.6 is 0 Å². The third-order valence-electron chi connectivity index (χ3n) is 2.78. The van der Waals surface area contributed by atoms with Crippen molar-refractivity contribution in [2.45, 2.75) is 34.1 Å². The van der Waals surface area contributed by atoms with E-state index >= 15 is 0 Å². The van der Waals surface area contributed by atoms with Gasteiger partial charge >= 0.3 is 11.9 Å². The maximum Gasteiger partial charge on any atom is 0.339 e. The Morgan fingerprint density at radius 3 is 2.35 bits per heavy atom. The molecule has 1 rings (SSSR count). The Balaban J connectivity index is 3.11. The van der Waals surface area contributed by atoms with E-state index in [0.717, 1.165) is 5.56 Å². The summed E-state index contributed by atoms with van der Waals surface area (Å²) in [6.45, 7) is 8.20. The van der Waals surface area contributed by atoms with Crippen LogP contribution in [0.2, 0.25) is 0 Å². The van der Waals surface area contributed by atoms with Crippen molar-refractivity contribution in [3.63, 3.8) is 0 Å². The van der Waals surface area contributed by atoms with Gasteiger partial charge in [0.25, 0.3) is 0 Å². The molecule has 0 bridgehead atoms. The van der Waals surface area contributed by atoms with Gasteiger partial charge in [0, 0.05) is 0 Å². The molecule has 0 aliphatic rings. The largest absolute Gasteiger partial charge is 0.462 e. The van der Waals surface area contributed by atoms with Gasteiger partial charge in [-0.05, 0) is 30.9 Å². The van der Waals surface area contributed by atoms with E-state index in [2.05, 4.69) is 0 Å². The molecule has 0 saturated heterocycles. The van der Waals surface area contributed by atoms with Crippen LogP contribution in [0.5, 0.6) is 0 Å². The normalized spacial score (nSPS) is 10.4. The van der Waals surface area contributed by atoms with Crippen LogP contribution in [-0.4, -0.2) is 25.2 Å². The number of hydrogen-bond acceptors (Lipinski definition) is 4. The molecule has 4 nitrogen and oxygen atoms in total. The summed E-state index contributed by atoms with van der Waals surface area (Å²) in [5, 5.41) is 0. The molecule has 0 N–H and O–H groups in total. The molecule has 0 radical (unpaired) electrons. The van der Waals surface area contributed by atoms with Gasteiger partial charge in [-0.1, -0.05) is 32.9 Å². The highest BCUT2D eigenvalue weighted by Gasteiger charge is 2.22. The van der Waals surface area contributed by atoms with Crippen molar-refractivity contribution >= 4 is 11.9 Å². The van der Waals surface area contributed by atoms with Crippen molar-refractivity contribution in [2.75, 3.05) is 13.2 Å². The lowest BCUT2D eigenvalue weighted by atomic mass is 9.99. The van der Waals surface area contributed by atoms with E-state index in [1.807, 2.05) is 26.8 Å². The van der Waals surface area contributed by atoms with Crippen molar-refractivity contribution < 1.29 is 19.1 Å². The zero-order chi connectivity index (χ0) is 15.1. The molecule has 0 aromatic heterocycles. The minimum absolute atomic E-state index is 0.249. The second-order valence-corrected chi connectivity index (χ2v) is 4.91. The standard InChI is InChI=1S/C16H22O4/c1-5-12-8-7-9-13(14(12)16(18)19-6-2)15(17)20-10-11(3)4/h7-9,11H,5-6,10H2,1-4H3. The highest BCUT2D eigenvalue weighted by Crippen LogP contribution is 2.18. The third kappa shape index (κ3) is 4.08. The Kier molecular flexibility index (Phi) is 6.22. The summed E-state index contributed by atoms with van der Waals surface area (Å²) in [7, 11) is 0. The lowest BCUT2D eigenvalue weighted by Gasteiger charge is -2.13. The molecule has 1 aromatic rings. The molecule has 20 heavy (non-hydrogen) atoms. The molecular formula is C16H22O4. The van der Waals surface area contributed by atoms with Gasteiger partial charge in [-0.2, -0.15) is 0 Å². The topological polar surface area (TPSA) is 52.6 Å². The molecular weight excluding hydrogens is 256 g/mol. The fourth-order valence-electron chi connectivity index (χ4n) is 1.83. The van der Waals surface area contributed by atoms with Gasteiger partial charge < -0.3 is 9.47 Å². The number of hydrogen-bond donors (Lipinski definition) is 0. The molecule has 0 aliphatic carbocycles. The van der Waals surface area contributed by atoms with Gasteiger partial charge in [0.2, 0.25) is 0 Å². The smallest absolute Gasteiger partial charge is 0.339 e. The molecule has 0 atom stereocenters. The van der Waals surface area contributed by atoms with Crippen molar-refractivity contribution in [3.8, 4) is 0 Å². The van der Waals surface area contributed by atoms with Crippen LogP contribution in [0.4, 0.5) is 0 Å². The Labute approximate surface area is 120 Å². The van der Waals surface area contributed by atoms with Crippen molar-refractivity contribution in [2.24, 2.45) is 5.92 Å². The zero-order valence-corrected chi connectivity index (χ0v) is 12.6. The molecule has 4 heteroatoms. The van der Waals surface area contributed by atoms with Crippen LogP contribution < -0.4 is 0 Å². The summed E-state index contributed by atoms with van der Waals surface area (Å²) in [5.41, 5.74) is 1.40. The second-order valence-electron chi connectivity index (χ2n) is 4.91. The summed E-state index contributed by atoms with van der Waals surface area (Å²) < 4.78 is 10.3. The third-order valence-corrected chi connectivity index (χ3v) is 2.78. The SMILES string of the molecule is CCOC(=O)c1c(CC)cccc1C(=O)OCC(C)C. The highest BCUT2D eigenvalue weighted by molar-refractivity contribution is 6.04. The average molecular weight is 278 g/mol. The Morgan fingerprint density at radius 1 is 1.10 bits per heavy atom. The van der Waals surface area contributed by atoms with Crippen LogP contribution in [-0.2, 0) is 15.9 Å². The summed E-state index contributed by atoms with van der Waals surface area (Å²) in [6.07, 6.45) is 0.652. The maximum absolute atomic E-state index is 12.1. The quantitative estimate of drug-likeness (QED) is 0.750. The predicted molar refractivity (Wildman–Crippen MR) is 76.9 cm³/mol. The summed E-state index contributed by atoms with van der Waals surface area (Å²) in [5.74, 6) is -0.696. The number of carbonyl (C=O) groups is 2. The van der Waals surface area contributed by atoms with Crippen LogP contribution in [0.25, 0.3) is 0 Å². The zero-order valence-electron chi connectivity index (χ0n) is 12.6. The van der Waals surface area contributed by atoms with Gasteiger partial charge in [-0.3, -0.25) is 0 Å². The van der Waals surface area contributed by atoms with E-state index in [1.165, 1.54) is 0 Å². The lowest BCUT2D eigenvalue weighted by Crippen LogP contribution is -2.17. The van der Waals surface area contributed by atoms with Gasteiger partial charge in [-0.15, -0.1) is 0 Å². The van der Waals surface area contributed by atoms with Crippen LogP contribution in [0.3, 0.4) is 0 Å². The number of ether oxygens (including phenoxy) is 2. The van der Waals surface area contributed by atoms with E-state index in [-0.39, 0.29) is 18.1 Å². The first-order valence-corrected chi connectivity index (χ1v) is 6.97. The summed E-state index contributed by atoms with van der Waals surface area (Å²) >= 11 is 0. The van der Waals surface area contributed by atoms with Gasteiger partial charge in [0.05, 0.1) is 24.3 Å². The fraction of sp³-hybridized carbons (Fsp3) is 0.500. The minimum atomic E-state index is -0.475. The molecule has 0 saturated carbocycles. The van der Waals surface area contributed by atoms with E-state index in [0.29, 0.717) is 18.6 Å². The molecule has 0 spiro atoms. The molecule has 0 heterocycles. The first kappa shape index (κ1) is 16.2. The van der Waals surface area contributed by atoms with Gasteiger partial charge in [0.1, 0.15) is 0 Å². The number of esters is 2. The van der Waals surface area contributed by atoms with Gasteiger partial charge in [0.15, 0.2) is 0 Å². The highest BCUT2D eigenvalue weighted by atomic mass is 16.5. The van der Waals surface area contributed by atoms with E-state index in [9.17, 15) is 9.59 Å². The molecule has 0 aliphatic heterocycles. The Morgan fingerprint density at radius 2 is 1.80 bits per heavy atom. The molecule has 110 valence electrons. The second kappa shape index (κ2) is 7.68. The predicted octanol–water partition coefficient (Wildman–Crippen LogP) is 3.24. The fourth-order valence-corrected chi connectivity index (χ4v) is 1.83. The number of carbonyl (C=O) groups excluding carboxylic acids is 2. The summed E-state index contributed by atoms with van der Waals surface area (Å²) in [6, 6.07) is 5.19. The Bertz CT molecular complexity index is 477. The maximum atomic E-state index is 12.1. The van der Waals surface area contributed by atoms with E-state index < -0.39 is 11.9 Å². The average Bonchev–Trinajstić information content (AvgIpc) is 2.43. The van der Waals surface area contributed by atoms with Crippen molar-refractivity contribution in [1.29, 1.82) is 0 Å². The Hall–Kier alpha value is -1.84. The van der Waals surface area contributed by atoms with Crippen molar-refractivity contribution in [1.82, 2.24) is 0 Å². The van der Waals surface area contributed by atoms with Crippen molar-refractivity contribution in [3.05, 3.63) is 34.9 Å². The first-order valence-electron chi connectivity index (χ1n) is 6.97. The number of benzene rings is 1. The number of rotatable bonds is 6. The molecule has 1 aromatic carbocycles. The number of aryl methyl sites for hydroxylation is 1. The van der Waals surface area contributed by atoms with Gasteiger partial charge in [-0.25, -0.2) is 9.59 Å². The van der Waals surface area contributed by atoms with Crippen LogP contribution in [0.15, 0.2) is 18.2 Å².